The van der Waals surface area contributed by atoms with E-state index in [2.05, 4.69) is 36.2 Å². The molecule has 0 heterocycles. The number of hydrogen-bond acceptors (Lipinski definition) is 2. The molecule has 0 saturated heterocycles. The molecule has 0 radical (unpaired) electrons. The van der Waals surface area contributed by atoms with Crippen molar-refractivity contribution in [3.8, 4) is 0 Å². The number of amides is 1. The molecule has 1 fully saturated rings. The average Bonchev–Trinajstić information content (AvgIpc) is 2.73. The largest absolute Gasteiger partial charge is 0.332 e. The maximum atomic E-state index is 13.0. The molecular weight excluding hydrogens is 368 g/mol. The van der Waals surface area contributed by atoms with E-state index in [1.54, 1.807) is 24.3 Å². The first-order valence-electron chi connectivity index (χ1n) is 10.0. The molecule has 0 aromatic heterocycles. The van der Waals surface area contributed by atoms with Gasteiger partial charge in [0.2, 0.25) is 0 Å². The minimum Gasteiger partial charge on any atom is -0.332 e. The van der Waals surface area contributed by atoms with Crippen molar-refractivity contribution >= 4 is 17.5 Å². The molecule has 2 aromatic carbocycles. The summed E-state index contributed by atoms with van der Waals surface area (Å²) < 4.78 is 0. The van der Waals surface area contributed by atoms with Crippen LogP contribution in [0, 0.1) is 0 Å². The zero-order chi connectivity index (χ0) is 19.9. The van der Waals surface area contributed by atoms with Crippen molar-refractivity contribution < 1.29 is 4.79 Å². The summed E-state index contributed by atoms with van der Waals surface area (Å²) in [7, 11) is 1.97. The van der Waals surface area contributed by atoms with E-state index in [0.717, 1.165) is 32.2 Å². The highest BCUT2D eigenvalue weighted by Gasteiger charge is 2.29. The van der Waals surface area contributed by atoms with Crippen LogP contribution in [0.1, 0.15) is 53.1 Å². The standard InChI is InChI=1S/C24H29ClN2O/c1-3-16-27(24(28)21-8-12-22(25)13-9-21)23-14-10-20(11-15-23)19-6-4-18(5-7-19)17-26-2/h3-9,12-13,20,23,26H,1,10-11,14-17H2,2H3/t20-,23-. The van der Waals surface area contributed by atoms with Crippen LogP contribution in [-0.2, 0) is 6.54 Å². The van der Waals surface area contributed by atoms with E-state index in [1.165, 1.54) is 11.1 Å². The molecule has 2 aromatic rings. The number of nitrogens with one attached hydrogen (secondary N) is 1. The van der Waals surface area contributed by atoms with Crippen LogP contribution in [0.15, 0.2) is 61.2 Å². The molecule has 1 amide bonds. The zero-order valence-corrected chi connectivity index (χ0v) is 17.3. The van der Waals surface area contributed by atoms with Gasteiger partial charge in [-0.05, 0) is 74.0 Å². The maximum absolute atomic E-state index is 13.0. The van der Waals surface area contributed by atoms with Gasteiger partial charge in [-0.25, -0.2) is 0 Å². The second kappa shape index (κ2) is 9.90. The van der Waals surface area contributed by atoms with Gasteiger partial charge in [0, 0.05) is 29.7 Å². The van der Waals surface area contributed by atoms with Gasteiger partial charge >= 0.3 is 0 Å². The molecule has 0 unspecified atom stereocenters. The summed E-state index contributed by atoms with van der Waals surface area (Å²) in [6.07, 6.45) is 6.09. The van der Waals surface area contributed by atoms with Crippen molar-refractivity contribution in [2.45, 2.75) is 44.2 Å². The maximum Gasteiger partial charge on any atom is 0.254 e. The highest BCUT2D eigenvalue weighted by Crippen LogP contribution is 2.35. The summed E-state index contributed by atoms with van der Waals surface area (Å²) in [6, 6.07) is 16.4. The monoisotopic (exact) mass is 396 g/mol. The Kier molecular flexibility index (Phi) is 7.30. The molecule has 0 bridgehead atoms. The number of hydrogen-bond donors (Lipinski definition) is 1. The molecule has 1 saturated carbocycles. The lowest BCUT2D eigenvalue weighted by Gasteiger charge is -2.36. The third-order valence-corrected chi connectivity index (χ3v) is 5.90. The van der Waals surface area contributed by atoms with Crippen LogP contribution in [-0.4, -0.2) is 30.4 Å². The van der Waals surface area contributed by atoms with Gasteiger partial charge in [-0.2, -0.15) is 0 Å². The summed E-state index contributed by atoms with van der Waals surface area (Å²) in [6.45, 7) is 5.33. The lowest BCUT2D eigenvalue weighted by molar-refractivity contribution is 0.0655. The van der Waals surface area contributed by atoms with Gasteiger partial charge < -0.3 is 10.2 Å². The summed E-state index contributed by atoms with van der Waals surface area (Å²) >= 11 is 5.96. The topological polar surface area (TPSA) is 32.3 Å². The summed E-state index contributed by atoms with van der Waals surface area (Å²) in [5.74, 6) is 0.646. The Balaban J connectivity index is 1.64. The number of halogens is 1. The van der Waals surface area contributed by atoms with Crippen LogP contribution < -0.4 is 5.32 Å². The first-order valence-corrected chi connectivity index (χ1v) is 10.4. The zero-order valence-electron chi connectivity index (χ0n) is 16.5. The lowest BCUT2D eigenvalue weighted by atomic mass is 9.81. The fourth-order valence-electron chi connectivity index (χ4n) is 4.13. The molecule has 1 N–H and O–H groups in total. The number of carbonyl (C=O) groups excluding carboxylic acids is 1. The second-order valence-electron chi connectivity index (χ2n) is 7.53. The van der Waals surface area contributed by atoms with Crippen LogP contribution in [0.2, 0.25) is 5.02 Å². The predicted molar refractivity (Wildman–Crippen MR) is 117 cm³/mol. The fraction of sp³-hybridized carbons (Fsp3) is 0.375. The third kappa shape index (κ3) is 5.03. The molecule has 3 rings (SSSR count). The second-order valence-corrected chi connectivity index (χ2v) is 7.97. The molecule has 1 aliphatic rings. The Morgan fingerprint density at radius 3 is 2.32 bits per heavy atom. The van der Waals surface area contributed by atoms with Crippen LogP contribution in [0.4, 0.5) is 0 Å². The van der Waals surface area contributed by atoms with E-state index in [-0.39, 0.29) is 11.9 Å². The summed E-state index contributed by atoms with van der Waals surface area (Å²) in [5, 5.41) is 3.83. The van der Waals surface area contributed by atoms with E-state index >= 15 is 0 Å². The minimum absolute atomic E-state index is 0.0661. The first kappa shape index (κ1) is 20.6. The van der Waals surface area contributed by atoms with Crippen molar-refractivity contribution in [2.75, 3.05) is 13.6 Å². The molecule has 4 heteroatoms. The van der Waals surface area contributed by atoms with E-state index in [9.17, 15) is 4.79 Å². The number of nitrogens with zero attached hydrogens (tertiary/aromatic N) is 1. The molecule has 28 heavy (non-hydrogen) atoms. The lowest BCUT2D eigenvalue weighted by Crippen LogP contribution is -2.42. The van der Waals surface area contributed by atoms with Gasteiger partial charge in [0.25, 0.3) is 5.91 Å². The Labute approximate surface area is 173 Å². The van der Waals surface area contributed by atoms with Crippen LogP contribution in [0.25, 0.3) is 0 Å². The molecule has 1 aliphatic carbocycles. The van der Waals surface area contributed by atoms with E-state index < -0.39 is 0 Å². The smallest absolute Gasteiger partial charge is 0.254 e. The van der Waals surface area contributed by atoms with Crippen LogP contribution >= 0.6 is 11.6 Å². The number of rotatable bonds is 7. The summed E-state index contributed by atoms with van der Waals surface area (Å²) in [5.41, 5.74) is 3.41. The highest BCUT2D eigenvalue weighted by atomic mass is 35.5. The molecule has 0 spiro atoms. The van der Waals surface area contributed by atoms with Crippen molar-refractivity contribution in [3.63, 3.8) is 0 Å². The highest BCUT2D eigenvalue weighted by molar-refractivity contribution is 6.30. The fourth-order valence-corrected chi connectivity index (χ4v) is 4.25. The normalized spacial score (nSPS) is 19.2. The van der Waals surface area contributed by atoms with Gasteiger partial charge in [0.15, 0.2) is 0 Å². The number of benzene rings is 2. The van der Waals surface area contributed by atoms with Gasteiger partial charge in [-0.1, -0.05) is 41.9 Å². The molecule has 0 atom stereocenters. The van der Waals surface area contributed by atoms with Crippen molar-refractivity contribution in [2.24, 2.45) is 0 Å². The molecular formula is C24H29ClN2O. The van der Waals surface area contributed by atoms with Gasteiger partial charge in [-0.15, -0.1) is 6.58 Å². The SMILES string of the molecule is C=CCN(C(=O)c1ccc(Cl)cc1)[C@H]1CC[C@H](c2ccc(CNC)cc2)CC1. The molecule has 3 nitrogen and oxygen atoms in total. The average molecular weight is 397 g/mol. The van der Waals surface area contributed by atoms with Crippen LogP contribution in [0.5, 0.6) is 0 Å². The van der Waals surface area contributed by atoms with Crippen molar-refractivity contribution in [1.82, 2.24) is 10.2 Å². The van der Waals surface area contributed by atoms with Crippen molar-refractivity contribution in [3.05, 3.63) is 82.9 Å². The minimum atomic E-state index is 0.0661. The third-order valence-electron chi connectivity index (χ3n) is 5.65. The Morgan fingerprint density at radius 1 is 1.11 bits per heavy atom. The van der Waals surface area contributed by atoms with Crippen molar-refractivity contribution in [1.29, 1.82) is 0 Å². The predicted octanol–water partition coefficient (Wildman–Crippen LogP) is 5.41. The van der Waals surface area contributed by atoms with Gasteiger partial charge in [-0.3, -0.25) is 4.79 Å². The first-order chi connectivity index (χ1) is 13.6. The van der Waals surface area contributed by atoms with E-state index in [4.69, 9.17) is 11.6 Å². The van der Waals surface area contributed by atoms with Crippen LogP contribution in [0.3, 0.4) is 0 Å². The van der Waals surface area contributed by atoms with Gasteiger partial charge in [0.1, 0.15) is 0 Å². The van der Waals surface area contributed by atoms with E-state index in [1.807, 2.05) is 18.0 Å². The Hall–Kier alpha value is -2.10. The molecule has 0 aliphatic heterocycles. The molecule has 148 valence electrons. The Bertz CT molecular complexity index is 777. The number of carbonyl (C=O) groups is 1. The Morgan fingerprint density at radius 2 is 1.75 bits per heavy atom. The van der Waals surface area contributed by atoms with E-state index in [0.29, 0.717) is 23.0 Å². The summed E-state index contributed by atoms with van der Waals surface area (Å²) in [4.78, 5) is 15.0. The quantitative estimate of drug-likeness (QED) is 0.634. The van der Waals surface area contributed by atoms with Gasteiger partial charge in [0.05, 0.1) is 0 Å².